The summed E-state index contributed by atoms with van der Waals surface area (Å²) in [6, 6.07) is 0.511. The van der Waals surface area contributed by atoms with Crippen LogP contribution in [0.4, 0.5) is 0 Å². The predicted octanol–water partition coefficient (Wildman–Crippen LogP) is 1.72. The van der Waals surface area contributed by atoms with Crippen LogP contribution in [0.2, 0.25) is 0 Å². The van der Waals surface area contributed by atoms with Gasteiger partial charge in [-0.2, -0.15) is 0 Å². The van der Waals surface area contributed by atoms with Crippen LogP contribution in [0.3, 0.4) is 0 Å². The Bertz CT molecular complexity index is 292. The third-order valence-electron chi connectivity index (χ3n) is 4.10. The minimum Gasteiger partial charge on any atom is -0.378 e. The Morgan fingerprint density at radius 2 is 2.17 bits per heavy atom. The standard InChI is InChI=1S/C14H26N2O2/c1-2-3-4-9-18-12-7-8-14(10-12,13(15)17)16-11-5-6-11/h11-12,16H,2-10H2,1H3,(H2,15,17). The van der Waals surface area contributed by atoms with E-state index in [4.69, 9.17) is 10.5 Å². The van der Waals surface area contributed by atoms with E-state index in [-0.39, 0.29) is 12.0 Å². The fourth-order valence-corrected chi connectivity index (χ4v) is 2.79. The number of nitrogens with two attached hydrogens (primary N) is 1. The van der Waals surface area contributed by atoms with Crippen LogP contribution < -0.4 is 11.1 Å². The van der Waals surface area contributed by atoms with Gasteiger partial charge in [0.1, 0.15) is 5.54 Å². The van der Waals surface area contributed by atoms with Gasteiger partial charge in [-0.1, -0.05) is 19.8 Å². The molecule has 0 aromatic rings. The van der Waals surface area contributed by atoms with Crippen molar-refractivity contribution in [2.24, 2.45) is 5.73 Å². The third kappa shape index (κ3) is 3.45. The molecule has 0 heterocycles. The van der Waals surface area contributed by atoms with Crippen molar-refractivity contribution in [2.45, 2.75) is 76.0 Å². The van der Waals surface area contributed by atoms with Crippen LogP contribution in [0.1, 0.15) is 58.3 Å². The zero-order chi connectivity index (χ0) is 13.0. The molecule has 0 aliphatic heterocycles. The molecule has 0 aromatic heterocycles. The Morgan fingerprint density at radius 3 is 2.78 bits per heavy atom. The topological polar surface area (TPSA) is 64.3 Å². The second-order valence-electron chi connectivity index (χ2n) is 5.81. The summed E-state index contributed by atoms with van der Waals surface area (Å²) in [5.74, 6) is -0.200. The molecule has 2 atom stereocenters. The first-order chi connectivity index (χ1) is 8.66. The SMILES string of the molecule is CCCCCOC1CCC(NC2CC2)(C(N)=O)C1. The van der Waals surface area contributed by atoms with Crippen molar-refractivity contribution in [2.75, 3.05) is 6.61 Å². The molecule has 3 N–H and O–H groups in total. The van der Waals surface area contributed by atoms with Gasteiger partial charge in [0.2, 0.25) is 5.91 Å². The molecule has 0 radical (unpaired) electrons. The van der Waals surface area contributed by atoms with E-state index in [1.165, 1.54) is 25.7 Å². The molecule has 2 aliphatic rings. The fourth-order valence-electron chi connectivity index (χ4n) is 2.79. The van der Waals surface area contributed by atoms with Gasteiger partial charge in [0.25, 0.3) is 0 Å². The fraction of sp³-hybridized carbons (Fsp3) is 0.929. The molecule has 0 aromatic carbocycles. The molecule has 4 nitrogen and oxygen atoms in total. The summed E-state index contributed by atoms with van der Waals surface area (Å²) in [5, 5.41) is 3.44. The number of primary amides is 1. The van der Waals surface area contributed by atoms with E-state index >= 15 is 0 Å². The van der Waals surface area contributed by atoms with E-state index in [9.17, 15) is 4.79 Å². The van der Waals surface area contributed by atoms with Gasteiger partial charge in [-0.3, -0.25) is 4.79 Å². The van der Waals surface area contributed by atoms with Gasteiger partial charge in [0.15, 0.2) is 0 Å². The average Bonchev–Trinajstić information content (AvgIpc) is 3.04. The highest BCUT2D eigenvalue weighted by Gasteiger charge is 2.47. The number of amides is 1. The number of unbranched alkanes of at least 4 members (excludes halogenated alkanes) is 2. The number of hydrogen-bond donors (Lipinski definition) is 2. The van der Waals surface area contributed by atoms with Crippen LogP contribution in [-0.4, -0.2) is 30.2 Å². The number of nitrogens with one attached hydrogen (secondary N) is 1. The molecule has 2 rings (SSSR count). The van der Waals surface area contributed by atoms with E-state index in [0.717, 1.165) is 32.3 Å². The van der Waals surface area contributed by atoms with E-state index in [0.29, 0.717) is 6.04 Å². The first kappa shape index (κ1) is 13.8. The van der Waals surface area contributed by atoms with Crippen molar-refractivity contribution in [3.05, 3.63) is 0 Å². The molecule has 4 heteroatoms. The van der Waals surface area contributed by atoms with Crippen molar-refractivity contribution in [3.8, 4) is 0 Å². The van der Waals surface area contributed by atoms with Crippen LogP contribution in [0, 0.1) is 0 Å². The number of carbonyl (C=O) groups is 1. The molecule has 0 bridgehead atoms. The molecule has 2 aliphatic carbocycles. The van der Waals surface area contributed by atoms with E-state index < -0.39 is 5.54 Å². The maximum atomic E-state index is 11.7. The predicted molar refractivity (Wildman–Crippen MR) is 71.2 cm³/mol. The van der Waals surface area contributed by atoms with Crippen LogP contribution in [0.25, 0.3) is 0 Å². The zero-order valence-corrected chi connectivity index (χ0v) is 11.4. The maximum Gasteiger partial charge on any atom is 0.237 e. The first-order valence-corrected chi connectivity index (χ1v) is 7.35. The van der Waals surface area contributed by atoms with Crippen LogP contribution in [0.15, 0.2) is 0 Å². The number of ether oxygens (including phenoxy) is 1. The largest absolute Gasteiger partial charge is 0.378 e. The molecule has 18 heavy (non-hydrogen) atoms. The summed E-state index contributed by atoms with van der Waals surface area (Å²) in [4.78, 5) is 11.7. The number of carbonyl (C=O) groups excluding carboxylic acids is 1. The average molecular weight is 254 g/mol. The highest BCUT2D eigenvalue weighted by atomic mass is 16.5. The second-order valence-corrected chi connectivity index (χ2v) is 5.81. The lowest BCUT2D eigenvalue weighted by Crippen LogP contribution is -2.54. The van der Waals surface area contributed by atoms with Gasteiger partial charge in [-0.15, -0.1) is 0 Å². The van der Waals surface area contributed by atoms with Gasteiger partial charge < -0.3 is 15.8 Å². The van der Waals surface area contributed by atoms with Gasteiger partial charge >= 0.3 is 0 Å². The van der Waals surface area contributed by atoms with Crippen LogP contribution >= 0.6 is 0 Å². The Labute approximate surface area is 110 Å². The molecule has 104 valence electrons. The molecule has 2 saturated carbocycles. The summed E-state index contributed by atoms with van der Waals surface area (Å²) in [5.41, 5.74) is 5.10. The Kier molecular flexibility index (Phi) is 4.62. The van der Waals surface area contributed by atoms with Crippen molar-refractivity contribution < 1.29 is 9.53 Å². The monoisotopic (exact) mass is 254 g/mol. The molecular formula is C14H26N2O2. The minimum absolute atomic E-state index is 0.200. The highest BCUT2D eigenvalue weighted by Crippen LogP contribution is 2.35. The molecule has 1 amide bonds. The van der Waals surface area contributed by atoms with E-state index in [2.05, 4.69) is 12.2 Å². The van der Waals surface area contributed by atoms with Gasteiger partial charge in [0, 0.05) is 19.1 Å². The minimum atomic E-state index is -0.489. The first-order valence-electron chi connectivity index (χ1n) is 7.35. The molecule has 0 spiro atoms. The Morgan fingerprint density at radius 1 is 1.39 bits per heavy atom. The zero-order valence-electron chi connectivity index (χ0n) is 11.4. The summed E-state index contributed by atoms with van der Waals surface area (Å²) in [6.07, 6.45) is 8.65. The lowest BCUT2D eigenvalue weighted by Gasteiger charge is -2.27. The summed E-state index contributed by atoms with van der Waals surface area (Å²) >= 11 is 0. The highest BCUT2D eigenvalue weighted by molar-refractivity contribution is 5.85. The quantitative estimate of drug-likeness (QED) is 0.648. The Balaban J connectivity index is 1.78. The van der Waals surface area contributed by atoms with Crippen LogP contribution in [-0.2, 0) is 9.53 Å². The number of rotatable bonds is 8. The normalized spacial score (nSPS) is 31.7. The maximum absolute atomic E-state index is 11.7. The van der Waals surface area contributed by atoms with Crippen molar-refractivity contribution in [1.29, 1.82) is 0 Å². The third-order valence-corrected chi connectivity index (χ3v) is 4.10. The lowest BCUT2D eigenvalue weighted by atomic mass is 9.96. The van der Waals surface area contributed by atoms with Gasteiger partial charge in [-0.05, 0) is 32.1 Å². The molecule has 0 saturated heterocycles. The summed E-state index contributed by atoms with van der Waals surface area (Å²) in [7, 11) is 0. The van der Waals surface area contributed by atoms with Crippen molar-refractivity contribution >= 4 is 5.91 Å². The number of hydrogen-bond acceptors (Lipinski definition) is 3. The van der Waals surface area contributed by atoms with Crippen molar-refractivity contribution in [3.63, 3.8) is 0 Å². The van der Waals surface area contributed by atoms with E-state index in [1.54, 1.807) is 0 Å². The summed E-state index contributed by atoms with van der Waals surface area (Å²) in [6.45, 7) is 3.00. The smallest absolute Gasteiger partial charge is 0.237 e. The van der Waals surface area contributed by atoms with Gasteiger partial charge in [-0.25, -0.2) is 0 Å². The van der Waals surface area contributed by atoms with E-state index in [1.807, 2.05) is 0 Å². The summed E-state index contributed by atoms with van der Waals surface area (Å²) < 4.78 is 5.86. The Hall–Kier alpha value is -0.610. The molecule has 2 fully saturated rings. The van der Waals surface area contributed by atoms with Gasteiger partial charge in [0.05, 0.1) is 6.10 Å². The second kappa shape index (κ2) is 6.02. The molecule has 2 unspecified atom stereocenters. The van der Waals surface area contributed by atoms with Crippen molar-refractivity contribution in [1.82, 2.24) is 5.32 Å². The molecular weight excluding hydrogens is 228 g/mol. The lowest BCUT2D eigenvalue weighted by molar-refractivity contribution is -0.124. The van der Waals surface area contributed by atoms with Crippen LogP contribution in [0.5, 0.6) is 0 Å².